The third-order valence-corrected chi connectivity index (χ3v) is 2.81. The van der Waals surface area contributed by atoms with Crippen molar-refractivity contribution < 1.29 is 0 Å². The van der Waals surface area contributed by atoms with E-state index < -0.39 is 0 Å². The van der Waals surface area contributed by atoms with Crippen LogP contribution in [0.25, 0.3) is 16.8 Å². The van der Waals surface area contributed by atoms with Crippen LogP contribution in [0.15, 0.2) is 48.5 Å². The molecule has 0 N–H and O–H groups in total. The van der Waals surface area contributed by atoms with Gasteiger partial charge in [-0.05, 0) is 28.8 Å². The highest BCUT2D eigenvalue weighted by Gasteiger charge is 1.92. The Morgan fingerprint density at radius 1 is 1.00 bits per heavy atom. The number of unbranched alkanes of at least 4 members (excludes halogenated alkanes) is 2. The molecule has 0 aliphatic heterocycles. The summed E-state index contributed by atoms with van der Waals surface area (Å²) in [4.78, 5) is 0. The average molecular weight is 210 g/mol. The molecular formula is C16H18. The molecule has 0 heterocycles. The second-order valence-corrected chi connectivity index (χ2v) is 4.15. The van der Waals surface area contributed by atoms with E-state index in [9.17, 15) is 0 Å². The first-order valence-electron chi connectivity index (χ1n) is 6.05. The van der Waals surface area contributed by atoms with Crippen molar-refractivity contribution in [2.75, 3.05) is 0 Å². The van der Waals surface area contributed by atoms with Crippen molar-refractivity contribution in [3.05, 3.63) is 54.1 Å². The van der Waals surface area contributed by atoms with Crippen molar-refractivity contribution in [2.45, 2.75) is 26.2 Å². The van der Waals surface area contributed by atoms with Gasteiger partial charge in [0.25, 0.3) is 0 Å². The lowest BCUT2D eigenvalue weighted by Crippen LogP contribution is -1.75. The van der Waals surface area contributed by atoms with E-state index >= 15 is 0 Å². The van der Waals surface area contributed by atoms with Gasteiger partial charge in [0.1, 0.15) is 0 Å². The monoisotopic (exact) mass is 210 g/mol. The fraction of sp³-hybridized carbons (Fsp3) is 0.250. The third-order valence-electron chi connectivity index (χ3n) is 2.81. The highest BCUT2D eigenvalue weighted by atomic mass is 14.0. The summed E-state index contributed by atoms with van der Waals surface area (Å²) in [6, 6.07) is 15.1. The van der Waals surface area contributed by atoms with Crippen LogP contribution < -0.4 is 0 Å². The molecule has 0 aromatic heterocycles. The molecule has 2 aromatic carbocycles. The molecule has 0 atom stereocenters. The zero-order chi connectivity index (χ0) is 11.2. The van der Waals surface area contributed by atoms with E-state index in [2.05, 4.69) is 61.5 Å². The van der Waals surface area contributed by atoms with E-state index in [0.29, 0.717) is 0 Å². The lowest BCUT2D eigenvalue weighted by atomic mass is 10.1. The van der Waals surface area contributed by atoms with Gasteiger partial charge in [0.05, 0.1) is 0 Å². The van der Waals surface area contributed by atoms with E-state index in [1.807, 2.05) is 0 Å². The minimum absolute atomic E-state index is 1.18. The Morgan fingerprint density at radius 3 is 2.62 bits per heavy atom. The Morgan fingerprint density at radius 2 is 1.81 bits per heavy atom. The molecule has 16 heavy (non-hydrogen) atoms. The lowest BCUT2D eigenvalue weighted by Gasteiger charge is -1.99. The maximum Gasteiger partial charge on any atom is -0.0178 e. The van der Waals surface area contributed by atoms with E-state index in [0.717, 1.165) is 0 Å². The smallest absolute Gasteiger partial charge is 0.0178 e. The summed E-state index contributed by atoms with van der Waals surface area (Å²) in [7, 11) is 0. The number of hydrogen-bond donors (Lipinski definition) is 0. The Labute approximate surface area is 97.6 Å². The number of allylic oxidation sites excluding steroid dienone is 1. The molecule has 0 bridgehead atoms. The zero-order valence-electron chi connectivity index (χ0n) is 9.82. The Hall–Kier alpha value is -1.56. The van der Waals surface area contributed by atoms with Crippen LogP contribution in [-0.2, 0) is 0 Å². The highest BCUT2D eigenvalue weighted by molar-refractivity contribution is 5.84. The molecule has 0 amide bonds. The number of benzene rings is 2. The van der Waals surface area contributed by atoms with Gasteiger partial charge in [-0.2, -0.15) is 0 Å². The van der Waals surface area contributed by atoms with Gasteiger partial charge in [0.2, 0.25) is 0 Å². The first-order chi connectivity index (χ1) is 7.90. The maximum absolute atomic E-state index is 2.27. The van der Waals surface area contributed by atoms with Crippen LogP contribution in [0.5, 0.6) is 0 Å². The molecule has 0 unspecified atom stereocenters. The maximum atomic E-state index is 2.27. The molecule has 0 heteroatoms. The normalized spacial score (nSPS) is 11.3. The van der Waals surface area contributed by atoms with Crippen LogP contribution in [0.3, 0.4) is 0 Å². The van der Waals surface area contributed by atoms with Crippen LogP contribution in [0.4, 0.5) is 0 Å². The van der Waals surface area contributed by atoms with Gasteiger partial charge in [0.15, 0.2) is 0 Å². The summed E-state index contributed by atoms with van der Waals surface area (Å²) in [5.74, 6) is 0. The molecule has 0 aliphatic rings. The highest BCUT2D eigenvalue weighted by Crippen LogP contribution is 2.16. The van der Waals surface area contributed by atoms with E-state index in [1.165, 1.54) is 35.6 Å². The predicted octanol–water partition coefficient (Wildman–Crippen LogP) is 5.04. The molecule has 82 valence electrons. The molecule has 0 spiro atoms. The van der Waals surface area contributed by atoms with Gasteiger partial charge >= 0.3 is 0 Å². The van der Waals surface area contributed by atoms with Gasteiger partial charge in [-0.15, -0.1) is 0 Å². The summed E-state index contributed by atoms with van der Waals surface area (Å²) < 4.78 is 0. The number of hydrogen-bond acceptors (Lipinski definition) is 0. The predicted molar refractivity (Wildman–Crippen MR) is 72.5 cm³/mol. The molecule has 0 aliphatic carbocycles. The quantitative estimate of drug-likeness (QED) is 0.620. The van der Waals surface area contributed by atoms with E-state index in [4.69, 9.17) is 0 Å². The van der Waals surface area contributed by atoms with Crippen LogP contribution >= 0.6 is 0 Å². The Bertz CT molecular complexity index is 480. The summed E-state index contributed by atoms with van der Waals surface area (Å²) in [6.07, 6.45) is 8.23. The van der Waals surface area contributed by atoms with Crippen LogP contribution in [-0.4, -0.2) is 0 Å². The Kier molecular flexibility index (Phi) is 3.76. The van der Waals surface area contributed by atoms with Crippen molar-refractivity contribution in [1.29, 1.82) is 0 Å². The van der Waals surface area contributed by atoms with Gasteiger partial charge in [0, 0.05) is 0 Å². The molecule has 0 nitrogen and oxygen atoms in total. The van der Waals surface area contributed by atoms with Crippen molar-refractivity contribution in [3.63, 3.8) is 0 Å². The van der Waals surface area contributed by atoms with E-state index in [1.54, 1.807) is 0 Å². The molecule has 0 saturated heterocycles. The molecule has 2 aromatic rings. The van der Waals surface area contributed by atoms with Gasteiger partial charge in [-0.3, -0.25) is 0 Å². The second kappa shape index (κ2) is 5.50. The zero-order valence-corrected chi connectivity index (χ0v) is 9.82. The molecular weight excluding hydrogens is 192 g/mol. The fourth-order valence-electron chi connectivity index (χ4n) is 1.85. The largest absolute Gasteiger partial charge is 0.0839 e. The van der Waals surface area contributed by atoms with Crippen LogP contribution in [0.2, 0.25) is 0 Å². The van der Waals surface area contributed by atoms with Gasteiger partial charge < -0.3 is 0 Å². The summed E-state index contributed by atoms with van der Waals surface area (Å²) >= 11 is 0. The van der Waals surface area contributed by atoms with Gasteiger partial charge in [-0.1, -0.05) is 68.3 Å². The average Bonchev–Trinajstić information content (AvgIpc) is 2.34. The second-order valence-electron chi connectivity index (χ2n) is 4.15. The number of rotatable bonds is 4. The first-order valence-corrected chi connectivity index (χ1v) is 6.05. The van der Waals surface area contributed by atoms with Crippen molar-refractivity contribution >= 4 is 16.8 Å². The van der Waals surface area contributed by atoms with Crippen LogP contribution in [0, 0.1) is 0 Å². The molecule has 0 fully saturated rings. The Balaban J connectivity index is 2.16. The molecule has 0 radical (unpaired) electrons. The SMILES string of the molecule is CCCCC=Cc1ccc2ccccc2c1. The molecule has 0 saturated carbocycles. The summed E-state index contributed by atoms with van der Waals surface area (Å²) in [5, 5.41) is 2.63. The van der Waals surface area contributed by atoms with Crippen molar-refractivity contribution in [3.8, 4) is 0 Å². The topological polar surface area (TPSA) is 0 Å². The van der Waals surface area contributed by atoms with Gasteiger partial charge in [-0.25, -0.2) is 0 Å². The van der Waals surface area contributed by atoms with Crippen LogP contribution in [0.1, 0.15) is 31.7 Å². The minimum atomic E-state index is 1.18. The minimum Gasteiger partial charge on any atom is -0.0839 e. The summed E-state index contributed by atoms with van der Waals surface area (Å²) in [6.45, 7) is 2.23. The fourth-order valence-corrected chi connectivity index (χ4v) is 1.85. The third kappa shape index (κ3) is 2.73. The van der Waals surface area contributed by atoms with E-state index in [-0.39, 0.29) is 0 Å². The van der Waals surface area contributed by atoms with Crippen molar-refractivity contribution in [2.24, 2.45) is 0 Å². The molecule has 2 rings (SSSR count). The standard InChI is InChI=1S/C16H18/c1-2-3-4-5-8-14-11-12-15-9-6-7-10-16(15)13-14/h5-13H,2-4H2,1H3. The van der Waals surface area contributed by atoms with Crippen molar-refractivity contribution in [1.82, 2.24) is 0 Å². The first kappa shape index (κ1) is 10.9. The summed E-state index contributed by atoms with van der Waals surface area (Å²) in [5.41, 5.74) is 1.30. The lowest BCUT2D eigenvalue weighted by molar-refractivity contribution is 0.816. The number of fused-ring (bicyclic) bond motifs is 1.